The zero-order valence-electron chi connectivity index (χ0n) is 14.7. The Hall–Kier alpha value is -2.57. The third-order valence-corrected chi connectivity index (χ3v) is 4.75. The number of ether oxygens (including phenoxy) is 1. The van der Waals surface area contributed by atoms with Gasteiger partial charge < -0.3 is 10.1 Å². The van der Waals surface area contributed by atoms with Crippen molar-refractivity contribution in [3.8, 4) is 17.0 Å². The van der Waals surface area contributed by atoms with Crippen molar-refractivity contribution in [2.45, 2.75) is 11.9 Å². The molecule has 3 rings (SSSR count). The second-order valence-corrected chi connectivity index (χ2v) is 6.99. The van der Waals surface area contributed by atoms with Crippen LogP contribution in [-0.2, 0) is 4.79 Å². The van der Waals surface area contributed by atoms with Gasteiger partial charge in [-0.15, -0.1) is 10.2 Å². The van der Waals surface area contributed by atoms with Crippen LogP contribution in [0.1, 0.15) is 6.92 Å². The first-order valence-corrected chi connectivity index (χ1v) is 9.75. The normalized spacial score (nSPS) is 10.4. The number of nitrogens with one attached hydrogen (secondary N) is 1. The molecule has 27 heavy (non-hydrogen) atoms. The number of rotatable bonds is 7. The Bertz CT molecular complexity index is 885. The van der Waals surface area contributed by atoms with E-state index in [2.05, 4.69) is 15.5 Å². The zero-order chi connectivity index (χ0) is 19.1. The van der Waals surface area contributed by atoms with E-state index in [-0.39, 0.29) is 11.7 Å². The van der Waals surface area contributed by atoms with Crippen LogP contribution in [0.4, 0.5) is 5.69 Å². The summed E-state index contributed by atoms with van der Waals surface area (Å²) in [5.41, 5.74) is 2.43. The van der Waals surface area contributed by atoms with E-state index in [1.165, 1.54) is 11.8 Å². The quantitative estimate of drug-likeness (QED) is 0.571. The van der Waals surface area contributed by atoms with E-state index in [0.717, 1.165) is 22.7 Å². The van der Waals surface area contributed by atoms with Crippen molar-refractivity contribution in [2.75, 3.05) is 17.7 Å². The summed E-state index contributed by atoms with van der Waals surface area (Å²) in [6.45, 7) is 2.54. The minimum atomic E-state index is -0.104. The van der Waals surface area contributed by atoms with Crippen LogP contribution in [0.2, 0.25) is 5.02 Å². The van der Waals surface area contributed by atoms with E-state index < -0.39 is 0 Å². The first kappa shape index (κ1) is 19.2. The standard InChI is InChI=1S/C20H18ClN3O2S/c1-2-26-17-9-7-16(8-10-17)22-19(25)13-27-20-12-11-18(23-24-20)14-3-5-15(21)6-4-14/h3-12H,2,13H2,1H3,(H,22,25). The number of carbonyl (C=O) groups is 1. The van der Waals surface area contributed by atoms with Gasteiger partial charge in [0, 0.05) is 16.3 Å². The molecule has 0 aliphatic carbocycles. The van der Waals surface area contributed by atoms with Crippen molar-refractivity contribution in [3.05, 3.63) is 65.7 Å². The lowest BCUT2D eigenvalue weighted by atomic mass is 10.1. The molecular weight excluding hydrogens is 382 g/mol. The van der Waals surface area contributed by atoms with E-state index in [1.54, 1.807) is 0 Å². The summed E-state index contributed by atoms with van der Waals surface area (Å²) in [5.74, 6) is 0.927. The van der Waals surface area contributed by atoms with Gasteiger partial charge in [0.2, 0.25) is 5.91 Å². The third-order valence-electron chi connectivity index (χ3n) is 3.58. The van der Waals surface area contributed by atoms with Crippen molar-refractivity contribution in [3.63, 3.8) is 0 Å². The van der Waals surface area contributed by atoms with Crippen molar-refractivity contribution in [2.24, 2.45) is 0 Å². The highest BCUT2D eigenvalue weighted by atomic mass is 35.5. The van der Waals surface area contributed by atoms with Crippen LogP contribution in [0, 0.1) is 0 Å². The number of benzene rings is 2. The van der Waals surface area contributed by atoms with Gasteiger partial charge in [-0.3, -0.25) is 4.79 Å². The Morgan fingerprint density at radius 3 is 2.41 bits per heavy atom. The second-order valence-electron chi connectivity index (χ2n) is 5.56. The SMILES string of the molecule is CCOc1ccc(NC(=O)CSc2ccc(-c3ccc(Cl)cc3)nn2)cc1. The molecule has 5 nitrogen and oxygen atoms in total. The largest absolute Gasteiger partial charge is 0.494 e. The Balaban J connectivity index is 1.51. The molecule has 0 aliphatic heterocycles. The molecule has 1 heterocycles. The van der Waals surface area contributed by atoms with E-state index in [1.807, 2.05) is 67.6 Å². The maximum atomic E-state index is 12.1. The van der Waals surface area contributed by atoms with Crippen LogP contribution < -0.4 is 10.1 Å². The van der Waals surface area contributed by atoms with Gasteiger partial charge in [0.25, 0.3) is 0 Å². The van der Waals surface area contributed by atoms with E-state index in [0.29, 0.717) is 16.7 Å². The Labute approximate surface area is 167 Å². The Kier molecular flexibility index (Phi) is 6.68. The number of amides is 1. The molecule has 0 saturated carbocycles. The van der Waals surface area contributed by atoms with Crippen molar-refractivity contribution in [1.82, 2.24) is 10.2 Å². The molecule has 1 N–H and O–H groups in total. The maximum absolute atomic E-state index is 12.1. The van der Waals surface area contributed by atoms with Gasteiger partial charge in [-0.05, 0) is 55.5 Å². The molecule has 7 heteroatoms. The number of hydrogen-bond donors (Lipinski definition) is 1. The van der Waals surface area contributed by atoms with Gasteiger partial charge in [-0.2, -0.15) is 0 Å². The van der Waals surface area contributed by atoms with Crippen molar-refractivity contribution in [1.29, 1.82) is 0 Å². The molecule has 1 aromatic heterocycles. The molecule has 0 bridgehead atoms. The summed E-state index contributed by atoms with van der Waals surface area (Å²) >= 11 is 7.23. The van der Waals surface area contributed by atoms with Crippen LogP contribution >= 0.6 is 23.4 Å². The van der Waals surface area contributed by atoms with Crippen molar-refractivity contribution < 1.29 is 9.53 Å². The highest BCUT2D eigenvalue weighted by molar-refractivity contribution is 7.99. The molecule has 0 fully saturated rings. The molecule has 1 amide bonds. The van der Waals surface area contributed by atoms with Crippen LogP contribution in [0.25, 0.3) is 11.3 Å². The summed E-state index contributed by atoms with van der Waals surface area (Å²) in [7, 11) is 0. The molecule has 138 valence electrons. The number of anilines is 1. The van der Waals surface area contributed by atoms with Crippen LogP contribution in [0.3, 0.4) is 0 Å². The van der Waals surface area contributed by atoms with Gasteiger partial charge >= 0.3 is 0 Å². The van der Waals surface area contributed by atoms with Crippen molar-refractivity contribution >= 4 is 35.0 Å². The summed E-state index contributed by atoms with van der Waals surface area (Å²) in [6, 6.07) is 18.4. The first-order valence-electron chi connectivity index (χ1n) is 8.39. The zero-order valence-corrected chi connectivity index (χ0v) is 16.3. The number of carbonyl (C=O) groups excluding carboxylic acids is 1. The summed E-state index contributed by atoms with van der Waals surface area (Å²) in [4.78, 5) is 12.1. The predicted octanol–water partition coefficient (Wildman–Crippen LogP) is 4.93. The Morgan fingerprint density at radius 1 is 1.04 bits per heavy atom. The lowest BCUT2D eigenvalue weighted by Crippen LogP contribution is -2.14. The third kappa shape index (κ3) is 5.70. The number of nitrogens with zero attached hydrogens (tertiary/aromatic N) is 2. The molecule has 0 radical (unpaired) electrons. The molecule has 3 aromatic rings. The minimum Gasteiger partial charge on any atom is -0.494 e. The summed E-state index contributed by atoms with van der Waals surface area (Å²) in [5, 5.41) is 12.6. The highest BCUT2D eigenvalue weighted by Crippen LogP contribution is 2.22. The lowest BCUT2D eigenvalue weighted by molar-refractivity contribution is -0.113. The van der Waals surface area contributed by atoms with Gasteiger partial charge in [-0.1, -0.05) is 35.5 Å². The van der Waals surface area contributed by atoms with Crippen LogP contribution in [-0.4, -0.2) is 28.5 Å². The smallest absolute Gasteiger partial charge is 0.234 e. The topological polar surface area (TPSA) is 64.1 Å². The lowest BCUT2D eigenvalue weighted by Gasteiger charge is -2.07. The van der Waals surface area contributed by atoms with Gasteiger partial charge in [-0.25, -0.2) is 0 Å². The first-order chi connectivity index (χ1) is 13.1. The molecule has 0 saturated heterocycles. The molecular formula is C20H18ClN3O2S. The van der Waals surface area contributed by atoms with E-state index in [9.17, 15) is 4.79 Å². The molecule has 2 aromatic carbocycles. The number of thioether (sulfide) groups is 1. The number of halogens is 1. The molecule has 0 unspecified atom stereocenters. The van der Waals surface area contributed by atoms with Gasteiger partial charge in [0.05, 0.1) is 18.1 Å². The molecule has 0 atom stereocenters. The minimum absolute atomic E-state index is 0.104. The summed E-state index contributed by atoms with van der Waals surface area (Å²) in [6.07, 6.45) is 0. The van der Waals surface area contributed by atoms with Gasteiger partial charge in [0.1, 0.15) is 10.8 Å². The predicted molar refractivity (Wildman–Crippen MR) is 109 cm³/mol. The molecule has 0 aliphatic rings. The fraction of sp³-hybridized carbons (Fsp3) is 0.150. The Morgan fingerprint density at radius 2 is 1.78 bits per heavy atom. The van der Waals surface area contributed by atoms with Crippen LogP contribution in [0.5, 0.6) is 5.75 Å². The van der Waals surface area contributed by atoms with Crippen LogP contribution in [0.15, 0.2) is 65.7 Å². The fourth-order valence-corrected chi connectivity index (χ4v) is 3.05. The monoisotopic (exact) mass is 399 g/mol. The number of aromatic nitrogens is 2. The average molecular weight is 400 g/mol. The molecule has 0 spiro atoms. The number of hydrogen-bond acceptors (Lipinski definition) is 5. The highest BCUT2D eigenvalue weighted by Gasteiger charge is 2.07. The van der Waals surface area contributed by atoms with E-state index in [4.69, 9.17) is 16.3 Å². The fourth-order valence-electron chi connectivity index (χ4n) is 2.31. The summed E-state index contributed by atoms with van der Waals surface area (Å²) < 4.78 is 5.38. The average Bonchev–Trinajstić information content (AvgIpc) is 2.69. The maximum Gasteiger partial charge on any atom is 0.234 e. The van der Waals surface area contributed by atoms with E-state index >= 15 is 0 Å². The van der Waals surface area contributed by atoms with Gasteiger partial charge in [0.15, 0.2) is 0 Å². The second kappa shape index (κ2) is 9.39.